The molecular formula is C48H88O12S. The number of ether oxygens (including phenoxy) is 4. The quantitative estimate of drug-likeness (QED) is 0.0197. The molecule has 61 heavy (non-hydrogen) atoms. The zero-order chi connectivity index (χ0) is 44.8. The first kappa shape index (κ1) is 57.1. The second kappa shape index (κ2) is 38.6. The number of esters is 2. The molecular weight excluding hydrogens is 801 g/mol. The van der Waals surface area contributed by atoms with Crippen LogP contribution in [0.1, 0.15) is 213 Å². The Hall–Kier alpha value is -1.87. The minimum Gasteiger partial charge on any atom is -0.462 e. The summed E-state index contributed by atoms with van der Waals surface area (Å²) in [6.07, 6.45) is 33.7. The SMILES string of the molecule is CCCCCCCC/C=C/C/C=C/CCCCC(=O)O[C@H](COC(=O)CCCCCCCCCCCCCCCCCCCC)CO[C@H]1O[C@H](CS(=O)(=O)O)[C@@H](O)C(O)C1O. The zero-order valence-electron chi connectivity index (χ0n) is 38.3. The van der Waals surface area contributed by atoms with E-state index in [1.807, 2.05) is 0 Å². The summed E-state index contributed by atoms with van der Waals surface area (Å²) in [5.74, 6) is -2.01. The molecule has 358 valence electrons. The summed E-state index contributed by atoms with van der Waals surface area (Å²) in [5, 5.41) is 30.9. The van der Waals surface area contributed by atoms with Crippen molar-refractivity contribution in [2.75, 3.05) is 19.0 Å². The van der Waals surface area contributed by atoms with Crippen molar-refractivity contribution in [2.45, 2.75) is 250 Å². The van der Waals surface area contributed by atoms with Gasteiger partial charge in [0.1, 0.15) is 36.8 Å². The molecule has 0 aromatic carbocycles. The zero-order valence-corrected chi connectivity index (χ0v) is 39.1. The van der Waals surface area contributed by atoms with E-state index in [9.17, 15) is 37.9 Å². The fraction of sp³-hybridized carbons (Fsp3) is 0.875. The maximum atomic E-state index is 12.8. The molecule has 1 saturated heterocycles. The van der Waals surface area contributed by atoms with Gasteiger partial charge in [-0.1, -0.05) is 179 Å². The molecule has 1 fully saturated rings. The van der Waals surface area contributed by atoms with Crippen LogP contribution < -0.4 is 0 Å². The average Bonchev–Trinajstić information content (AvgIpc) is 3.22. The standard InChI is InChI=1S/C48H88O12S/c1-3-5-7-9-11-13-15-17-19-20-21-23-24-26-28-30-32-34-36-43(49)57-38-41(39-58-48-47(53)46(52)45(51)42(60-48)40-61(54,55)56)59-44(50)37-35-33-31-29-27-25-22-18-16-14-12-10-8-6-4-2/h18,22,27,29,41-42,45-48,51-53H,3-17,19-21,23-26,28,30-40H2,1-2H3,(H,54,55,56)/b22-18+,29-27+/t41-,42-,45-,46?,47?,48+/m1/s1. The summed E-state index contributed by atoms with van der Waals surface area (Å²) in [4.78, 5) is 25.4. The van der Waals surface area contributed by atoms with Crippen LogP contribution in [0.5, 0.6) is 0 Å². The van der Waals surface area contributed by atoms with E-state index in [-0.39, 0.29) is 19.4 Å². The maximum Gasteiger partial charge on any atom is 0.306 e. The molecule has 0 aromatic heterocycles. The number of unbranched alkanes of at least 4 members (excludes halogenated alkanes) is 25. The lowest BCUT2D eigenvalue weighted by molar-refractivity contribution is -0.297. The highest BCUT2D eigenvalue weighted by Crippen LogP contribution is 2.24. The van der Waals surface area contributed by atoms with E-state index < -0.39 is 71.2 Å². The van der Waals surface area contributed by atoms with E-state index in [0.717, 1.165) is 44.9 Å². The van der Waals surface area contributed by atoms with Crippen LogP contribution in [0.15, 0.2) is 24.3 Å². The summed E-state index contributed by atoms with van der Waals surface area (Å²) < 4.78 is 54.1. The normalized spacial score (nSPS) is 20.1. The van der Waals surface area contributed by atoms with Gasteiger partial charge in [-0.2, -0.15) is 8.42 Å². The Labute approximate surface area is 370 Å². The molecule has 1 heterocycles. The third kappa shape index (κ3) is 33.3. The number of aliphatic hydroxyl groups is 3. The Morgan fingerprint density at radius 1 is 0.557 bits per heavy atom. The van der Waals surface area contributed by atoms with E-state index in [2.05, 4.69) is 38.2 Å². The van der Waals surface area contributed by atoms with Crippen LogP contribution in [0.2, 0.25) is 0 Å². The summed E-state index contributed by atoms with van der Waals surface area (Å²) in [7, 11) is -4.60. The molecule has 6 atom stereocenters. The molecule has 0 radical (unpaired) electrons. The lowest BCUT2D eigenvalue weighted by Crippen LogP contribution is -2.60. The van der Waals surface area contributed by atoms with Crippen molar-refractivity contribution in [1.29, 1.82) is 0 Å². The van der Waals surface area contributed by atoms with Crippen molar-refractivity contribution in [3.8, 4) is 0 Å². The molecule has 0 bridgehead atoms. The van der Waals surface area contributed by atoms with Crippen LogP contribution in [0.4, 0.5) is 0 Å². The Morgan fingerprint density at radius 2 is 0.984 bits per heavy atom. The van der Waals surface area contributed by atoms with Gasteiger partial charge in [0.25, 0.3) is 10.1 Å². The van der Waals surface area contributed by atoms with Crippen LogP contribution in [0, 0.1) is 0 Å². The van der Waals surface area contributed by atoms with Gasteiger partial charge < -0.3 is 34.3 Å². The second-order valence-corrected chi connectivity index (χ2v) is 18.6. The summed E-state index contributed by atoms with van der Waals surface area (Å²) in [6.45, 7) is 3.75. The average molecular weight is 889 g/mol. The Morgan fingerprint density at radius 3 is 1.48 bits per heavy atom. The van der Waals surface area contributed by atoms with Crippen LogP contribution in [0.25, 0.3) is 0 Å². The summed E-state index contributed by atoms with van der Waals surface area (Å²) in [6, 6.07) is 0. The first-order chi connectivity index (χ1) is 29.5. The number of hydrogen-bond donors (Lipinski definition) is 4. The van der Waals surface area contributed by atoms with Gasteiger partial charge in [0.05, 0.1) is 6.61 Å². The van der Waals surface area contributed by atoms with Crippen LogP contribution >= 0.6 is 0 Å². The Kier molecular flexibility index (Phi) is 36.1. The first-order valence-corrected chi connectivity index (χ1v) is 26.0. The van der Waals surface area contributed by atoms with Gasteiger partial charge in [0.15, 0.2) is 12.4 Å². The number of rotatable bonds is 41. The lowest BCUT2D eigenvalue weighted by Gasteiger charge is -2.40. The minimum absolute atomic E-state index is 0.125. The Bertz CT molecular complexity index is 1220. The van der Waals surface area contributed by atoms with E-state index in [1.54, 1.807) is 0 Å². The van der Waals surface area contributed by atoms with Gasteiger partial charge in [-0.3, -0.25) is 14.1 Å². The highest BCUT2D eigenvalue weighted by molar-refractivity contribution is 7.85. The molecule has 0 aliphatic carbocycles. The molecule has 1 aliphatic heterocycles. The molecule has 0 saturated carbocycles. The van der Waals surface area contributed by atoms with E-state index in [4.69, 9.17) is 18.9 Å². The smallest absolute Gasteiger partial charge is 0.306 e. The topological polar surface area (TPSA) is 186 Å². The first-order valence-electron chi connectivity index (χ1n) is 24.4. The van der Waals surface area contributed by atoms with Gasteiger partial charge in [-0.15, -0.1) is 0 Å². The second-order valence-electron chi connectivity index (χ2n) is 17.1. The lowest BCUT2D eigenvalue weighted by atomic mass is 10.00. The molecule has 0 amide bonds. The van der Waals surface area contributed by atoms with E-state index >= 15 is 0 Å². The summed E-state index contributed by atoms with van der Waals surface area (Å²) >= 11 is 0. The predicted molar refractivity (Wildman–Crippen MR) is 243 cm³/mol. The molecule has 12 nitrogen and oxygen atoms in total. The number of allylic oxidation sites excluding steroid dienone is 4. The Balaban J connectivity index is 2.41. The van der Waals surface area contributed by atoms with Gasteiger partial charge in [-0.25, -0.2) is 0 Å². The van der Waals surface area contributed by atoms with Gasteiger partial charge in [0.2, 0.25) is 0 Å². The van der Waals surface area contributed by atoms with Crippen molar-refractivity contribution in [1.82, 2.24) is 0 Å². The van der Waals surface area contributed by atoms with Crippen LogP contribution in [-0.2, 0) is 38.7 Å². The molecule has 1 aliphatic rings. The van der Waals surface area contributed by atoms with Gasteiger partial charge in [-0.05, 0) is 44.9 Å². The fourth-order valence-electron chi connectivity index (χ4n) is 7.47. The molecule has 1 rings (SSSR count). The maximum absolute atomic E-state index is 12.8. The molecule has 0 spiro atoms. The van der Waals surface area contributed by atoms with Crippen molar-refractivity contribution in [3.63, 3.8) is 0 Å². The van der Waals surface area contributed by atoms with E-state index in [1.165, 1.54) is 128 Å². The van der Waals surface area contributed by atoms with Crippen molar-refractivity contribution in [3.05, 3.63) is 24.3 Å². The van der Waals surface area contributed by atoms with E-state index in [0.29, 0.717) is 12.8 Å². The largest absolute Gasteiger partial charge is 0.462 e. The van der Waals surface area contributed by atoms with Gasteiger partial charge >= 0.3 is 11.9 Å². The summed E-state index contributed by atoms with van der Waals surface area (Å²) in [5.41, 5.74) is 0. The predicted octanol–water partition coefficient (Wildman–Crippen LogP) is 10.4. The highest BCUT2D eigenvalue weighted by Gasteiger charge is 2.46. The van der Waals surface area contributed by atoms with Crippen molar-refractivity contribution < 1.29 is 56.8 Å². The minimum atomic E-state index is -4.60. The van der Waals surface area contributed by atoms with Crippen LogP contribution in [0.3, 0.4) is 0 Å². The van der Waals surface area contributed by atoms with Crippen molar-refractivity contribution in [2.24, 2.45) is 0 Å². The van der Waals surface area contributed by atoms with Gasteiger partial charge in [0, 0.05) is 12.8 Å². The molecule has 2 unspecified atom stereocenters. The fourth-order valence-corrected chi connectivity index (χ4v) is 8.16. The molecule has 4 N–H and O–H groups in total. The number of hydrogen-bond acceptors (Lipinski definition) is 11. The highest BCUT2D eigenvalue weighted by atomic mass is 32.2. The number of carbonyl (C=O) groups is 2. The van der Waals surface area contributed by atoms with Crippen molar-refractivity contribution >= 4 is 22.1 Å². The number of aliphatic hydroxyl groups excluding tert-OH is 3. The third-order valence-corrected chi connectivity index (χ3v) is 12.0. The molecule has 13 heteroatoms. The monoisotopic (exact) mass is 889 g/mol. The number of carbonyl (C=O) groups excluding carboxylic acids is 2. The van der Waals surface area contributed by atoms with Crippen LogP contribution in [-0.4, -0.2) is 96.0 Å². The third-order valence-electron chi connectivity index (χ3n) is 11.3. The molecule has 0 aromatic rings.